The van der Waals surface area contributed by atoms with Crippen LogP contribution in [0.25, 0.3) is 0 Å². The Labute approximate surface area is 199 Å². The lowest BCUT2D eigenvalue weighted by Crippen LogP contribution is -2.48. The van der Waals surface area contributed by atoms with Gasteiger partial charge in [-0.2, -0.15) is 0 Å². The van der Waals surface area contributed by atoms with Gasteiger partial charge in [0.15, 0.2) is 5.69 Å². The molecule has 0 radical (unpaired) electrons. The predicted molar refractivity (Wildman–Crippen MR) is 125 cm³/mol. The Balaban J connectivity index is 1.93. The highest BCUT2D eigenvalue weighted by Gasteiger charge is 2.29. The molecule has 1 aliphatic heterocycles. The third-order valence-electron chi connectivity index (χ3n) is 5.97. The van der Waals surface area contributed by atoms with Crippen molar-refractivity contribution in [2.45, 2.75) is 39.8 Å². The number of likely N-dealkylation sites (N-methyl/N-ethyl adjacent to an activating group) is 1. The molecule has 3 atom stereocenters. The summed E-state index contributed by atoms with van der Waals surface area (Å²) in [5.41, 5.74) is 0.932. The second kappa shape index (κ2) is 10.7. The molecular formula is C24H32N4O6. The molecule has 0 fully saturated rings. The van der Waals surface area contributed by atoms with Crippen molar-refractivity contribution in [1.29, 1.82) is 0 Å². The first kappa shape index (κ1) is 25.2. The zero-order chi connectivity index (χ0) is 25.0. The number of benzene rings is 1. The fourth-order valence-corrected chi connectivity index (χ4v) is 3.96. The van der Waals surface area contributed by atoms with Gasteiger partial charge in [-0.05, 0) is 26.0 Å². The second-order valence-corrected chi connectivity index (χ2v) is 8.76. The summed E-state index contributed by atoms with van der Waals surface area (Å²) in [4.78, 5) is 41.4. The van der Waals surface area contributed by atoms with E-state index in [4.69, 9.17) is 14.0 Å². The lowest BCUT2D eigenvalue weighted by atomic mass is 10.0. The van der Waals surface area contributed by atoms with Crippen molar-refractivity contribution in [3.05, 3.63) is 41.3 Å². The fourth-order valence-electron chi connectivity index (χ4n) is 3.96. The van der Waals surface area contributed by atoms with Gasteiger partial charge in [0.05, 0.1) is 17.7 Å². The summed E-state index contributed by atoms with van der Waals surface area (Å²) in [6, 6.07) is 6.13. The predicted octanol–water partition coefficient (Wildman–Crippen LogP) is 2.59. The number of carbonyl (C=O) groups excluding carboxylic acids is 3. The number of hydrogen-bond donors (Lipinski definition) is 1. The number of nitrogens with zero attached hydrogens (tertiary/aromatic N) is 3. The van der Waals surface area contributed by atoms with Gasteiger partial charge in [-0.1, -0.05) is 12.1 Å². The number of carbonyl (C=O) groups is 3. The molecule has 1 N–H and O–H groups in total. The molecule has 184 valence electrons. The van der Waals surface area contributed by atoms with Crippen LogP contribution < -0.4 is 10.1 Å². The Kier molecular flexibility index (Phi) is 7.93. The molecule has 10 nitrogen and oxygen atoms in total. The molecule has 1 aromatic heterocycles. The molecule has 2 heterocycles. The normalized spacial score (nSPS) is 21.7. The molecule has 2 aromatic rings. The highest BCUT2D eigenvalue weighted by Crippen LogP contribution is 2.27. The van der Waals surface area contributed by atoms with Gasteiger partial charge in [-0.25, -0.2) is 0 Å². The van der Waals surface area contributed by atoms with Gasteiger partial charge in [-0.3, -0.25) is 14.4 Å². The first-order chi connectivity index (χ1) is 16.1. The van der Waals surface area contributed by atoms with Crippen LogP contribution in [0.4, 0.5) is 5.69 Å². The van der Waals surface area contributed by atoms with E-state index >= 15 is 0 Å². The first-order valence-corrected chi connectivity index (χ1v) is 11.2. The van der Waals surface area contributed by atoms with E-state index in [1.165, 1.54) is 13.0 Å². The highest BCUT2D eigenvalue weighted by molar-refractivity contribution is 6.03. The number of amides is 3. The van der Waals surface area contributed by atoms with Crippen LogP contribution in [0.15, 0.2) is 28.8 Å². The summed E-state index contributed by atoms with van der Waals surface area (Å²) in [7, 11) is 3.31. The van der Waals surface area contributed by atoms with Crippen molar-refractivity contribution in [3.8, 4) is 5.75 Å². The number of nitrogens with one attached hydrogen (secondary N) is 1. The number of aryl methyl sites for hydroxylation is 1. The SMILES string of the molecule is CO[C@@H]1CN(C)C(=O)c2ccc(NC(=O)c3cc(C)on3)cc2OC[C@@H](C)N(C(C)=O)C[C@@H]1C. The second-order valence-electron chi connectivity index (χ2n) is 8.76. The number of fused-ring (bicyclic) bond motifs is 1. The first-order valence-electron chi connectivity index (χ1n) is 11.2. The average molecular weight is 473 g/mol. The maximum atomic E-state index is 13.2. The van der Waals surface area contributed by atoms with Gasteiger partial charge in [0.1, 0.15) is 18.1 Å². The van der Waals surface area contributed by atoms with Crippen LogP contribution in [-0.4, -0.2) is 78.7 Å². The van der Waals surface area contributed by atoms with Crippen LogP contribution in [-0.2, 0) is 9.53 Å². The molecular weight excluding hydrogens is 440 g/mol. The van der Waals surface area contributed by atoms with Gasteiger partial charge >= 0.3 is 0 Å². The molecule has 0 spiro atoms. The summed E-state index contributed by atoms with van der Waals surface area (Å²) in [6.45, 7) is 8.12. The Morgan fingerprint density at radius 2 is 1.94 bits per heavy atom. The number of methoxy groups -OCH3 is 1. The molecule has 34 heavy (non-hydrogen) atoms. The number of hydrogen-bond acceptors (Lipinski definition) is 7. The van der Waals surface area contributed by atoms with E-state index in [2.05, 4.69) is 10.5 Å². The summed E-state index contributed by atoms with van der Waals surface area (Å²) in [5, 5.41) is 6.46. The van der Waals surface area contributed by atoms with Crippen LogP contribution in [0.5, 0.6) is 5.75 Å². The van der Waals surface area contributed by atoms with Crippen molar-refractivity contribution in [3.63, 3.8) is 0 Å². The lowest BCUT2D eigenvalue weighted by molar-refractivity contribution is -0.133. The van der Waals surface area contributed by atoms with Crippen LogP contribution >= 0.6 is 0 Å². The average Bonchev–Trinajstić information content (AvgIpc) is 3.24. The van der Waals surface area contributed by atoms with Gasteiger partial charge in [0.25, 0.3) is 11.8 Å². The van der Waals surface area contributed by atoms with E-state index in [0.29, 0.717) is 35.9 Å². The maximum Gasteiger partial charge on any atom is 0.277 e. The molecule has 0 bridgehead atoms. The number of rotatable bonds is 3. The van der Waals surface area contributed by atoms with E-state index in [0.717, 1.165) is 0 Å². The van der Waals surface area contributed by atoms with E-state index in [9.17, 15) is 14.4 Å². The smallest absolute Gasteiger partial charge is 0.277 e. The minimum absolute atomic E-state index is 0.00301. The summed E-state index contributed by atoms with van der Waals surface area (Å²) in [6.07, 6.45) is -0.253. The molecule has 3 rings (SSSR count). The molecule has 0 aliphatic carbocycles. The third-order valence-corrected chi connectivity index (χ3v) is 5.97. The molecule has 10 heteroatoms. The van der Waals surface area contributed by atoms with Crippen LogP contribution in [0.1, 0.15) is 47.4 Å². The van der Waals surface area contributed by atoms with Gasteiger partial charge in [0, 0.05) is 57.9 Å². The Morgan fingerprint density at radius 1 is 1.21 bits per heavy atom. The Morgan fingerprint density at radius 3 is 2.56 bits per heavy atom. The van der Waals surface area contributed by atoms with Crippen molar-refractivity contribution in [1.82, 2.24) is 15.0 Å². The molecule has 0 unspecified atom stereocenters. The van der Waals surface area contributed by atoms with E-state index in [1.807, 2.05) is 13.8 Å². The molecule has 0 saturated carbocycles. The lowest BCUT2D eigenvalue weighted by Gasteiger charge is -2.35. The zero-order valence-electron chi connectivity index (χ0n) is 20.5. The number of ether oxygens (including phenoxy) is 2. The quantitative estimate of drug-likeness (QED) is 0.730. The molecule has 1 aromatic carbocycles. The van der Waals surface area contributed by atoms with Gasteiger partial charge in [-0.15, -0.1) is 0 Å². The monoisotopic (exact) mass is 472 g/mol. The molecule has 0 saturated heterocycles. The van der Waals surface area contributed by atoms with Crippen molar-refractivity contribution >= 4 is 23.4 Å². The van der Waals surface area contributed by atoms with E-state index < -0.39 is 5.91 Å². The summed E-state index contributed by atoms with van der Waals surface area (Å²) >= 11 is 0. The standard InChI is InChI=1S/C24H32N4O6/c1-14-11-28(17(4)29)15(2)13-33-21-10-18(25-23(30)20-9-16(3)34-26-20)7-8-19(21)24(31)27(5)12-22(14)32-6/h7-10,14-15,22H,11-13H2,1-6H3,(H,25,30)/t14-,15+,22+/m0/s1. The van der Waals surface area contributed by atoms with Gasteiger partial charge in [0.2, 0.25) is 5.91 Å². The Bertz CT molecular complexity index is 1050. The van der Waals surface area contributed by atoms with Crippen LogP contribution in [0.2, 0.25) is 0 Å². The van der Waals surface area contributed by atoms with Crippen molar-refractivity contribution < 1.29 is 28.4 Å². The summed E-state index contributed by atoms with van der Waals surface area (Å²) in [5.74, 6) is 0.0928. The van der Waals surface area contributed by atoms with Crippen LogP contribution in [0.3, 0.4) is 0 Å². The molecule has 1 aliphatic rings. The maximum absolute atomic E-state index is 13.2. The minimum atomic E-state index is -0.443. The fraction of sp³-hybridized carbons (Fsp3) is 0.500. The molecule has 3 amide bonds. The van der Waals surface area contributed by atoms with Crippen LogP contribution in [0, 0.1) is 12.8 Å². The van der Waals surface area contributed by atoms with Crippen molar-refractivity contribution in [2.75, 3.05) is 39.2 Å². The summed E-state index contributed by atoms with van der Waals surface area (Å²) < 4.78 is 16.7. The van der Waals surface area contributed by atoms with Gasteiger partial charge < -0.3 is 29.1 Å². The third kappa shape index (κ3) is 5.74. The number of anilines is 1. The van der Waals surface area contributed by atoms with E-state index in [-0.39, 0.29) is 42.2 Å². The van der Waals surface area contributed by atoms with Crippen molar-refractivity contribution in [2.24, 2.45) is 5.92 Å². The van der Waals surface area contributed by atoms with E-state index in [1.54, 1.807) is 49.1 Å². The largest absolute Gasteiger partial charge is 0.491 e. The zero-order valence-corrected chi connectivity index (χ0v) is 20.5. The number of aromatic nitrogens is 1. The highest BCUT2D eigenvalue weighted by atomic mass is 16.5. The topological polar surface area (TPSA) is 114 Å². The minimum Gasteiger partial charge on any atom is -0.491 e. The Hall–Kier alpha value is -3.40.